The predicted octanol–water partition coefficient (Wildman–Crippen LogP) is -0.182. The molecule has 2 aromatic heterocycles. The van der Waals surface area contributed by atoms with Crippen LogP contribution in [0, 0.1) is 5.92 Å². The maximum absolute atomic E-state index is 15.6. The number of carbonyl (C=O) groups is 1. The first-order valence-electron chi connectivity index (χ1n) is 13.0. The average molecular weight is 517 g/mol. The zero-order chi connectivity index (χ0) is 26.8. The molecule has 0 aromatic carbocycles. The molecule has 3 fully saturated rings. The van der Waals surface area contributed by atoms with Crippen molar-refractivity contribution in [1.29, 1.82) is 0 Å². The van der Waals surface area contributed by atoms with Crippen molar-refractivity contribution in [3.63, 3.8) is 0 Å². The fourth-order valence-electron chi connectivity index (χ4n) is 5.71. The third kappa shape index (κ3) is 4.88. The van der Waals surface area contributed by atoms with Gasteiger partial charge in [0.2, 0.25) is 5.92 Å². The van der Waals surface area contributed by atoms with Crippen LogP contribution in [-0.4, -0.2) is 92.1 Å². The molecule has 0 bridgehead atoms. The van der Waals surface area contributed by atoms with E-state index in [0.717, 1.165) is 18.5 Å². The lowest BCUT2D eigenvalue weighted by Gasteiger charge is -2.57. The summed E-state index contributed by atoms with van der Waals surface area (Å²) in [4.78, 5) is 19.1. The molecular weight excluding hydrogens is 486 g/mol. The second-order valence-electron chi connectivity index (χ2n) is 11.9. The van der Waals surface area contributed by atoms with Crippen molar-refractivity contribution in [2.45, 2.75) is 79.6 Å². The first kappa shape index (κ1) is 26.4. The van der Waals surface area contributed by atoms with Crippen LogP contribution in [-0.2, 0) is 11.2 Å². The number of urea groups is 1. The van der Waals surface area contributed by atoms with Crippen LogP contribution in [0.1, 0.15) is 55.8 Å². The average Bonchev–Trinajstić information content (AvgIpc) is 3.53. The lowest BCUT2D eigenvalue weighted by Crippen LogP contribution is -2.83. The monoisotopic (exact) mass is 517 g/mol. The number of nitrogens with one attached hydrogen (secondary N) is 1. The third-order valence-corrected chi connectivity index (χ3v) is 8.23. The van der Waals surface area contributed by atoms with Crippen LogP contribution in [0.3, 0.4) is 0 Å². The van der Waals surface area contributed by atoms with E-state index in [4.69, 9.17) is 4.74 Å². The first-order chi connectivity index (χ1) is 17.2. The van der Waals surface area contributed by atoms with Gasteiger partial charge in [0.1, 0.15) is 31.4 Å². The van der Waals surface area contributed by atoms with Gasteiger partial charge in [-0.3, -0.25) is 0 Å². The summed E-state index contributed by atoms with van der Waals surface area (Å²) in [6.07, 6.45) is 6.46. The van der Waals surface area contributed by atoms with Crippen LogP contribution >= 0.6 is 0 Å². The van der Waals surface area contributed by atoms with Crippen molar-refractivity contribution in [3.05, 3.63) is 29.7 Å². The van der Waals surface area contributed by atoms with Crippen molar-refractivity contribution in [2.75, 3.05) is 6.61 Å². The lowest BCUT2D eigenvalue weighted by atomic mass is 9.43. The molecule has 1 N–H and O–H groups in total. The highest BCUT2D eigenvalue weighted by Gasteiger charge is 2.65. The number of rotatable bonds is 7. The zero-order valence-corrected chi connectivity index (χ0v) is 21.7. The number of hydrogen-bond acceptors (Lipinski definition) is 4. The fourth-order valence-corrected chi connectivity index (χ4v) is 5.71. The second-order valence-corrected chi connectivity index (χ2v) is 11.9. The highest BCUT2D eigenvalue weighted by atomic mass is 19.3. The number of carbonyl (C=O) groups excluding carboxylic acids is 1. The maximum Gasteiger partial charge on any atom is 0.316 e. The molecule has 2 aliphatic carbocycles. The molecule has 7 nitrogen and oxygen atoms in total. The molecule has 0 spiro atoms. The molecule has 0 radical (unpaired) electrons. The normalized spacial score (nSPS) is 25.6. The molecule has 1 atom stereocenters. The van der Waals surface area contributed by atoms with Gasteiger partial charge in [-0.05, 0) is 44.1 Å². The number of halogens is 4. The van der Waals surface area contributed by atoms with Crippen LogP contribution in [0.2, 0.25) is 0 Å². The van der Waals surface area contributed by atoms with Crippen LogP contribution in [0.4, 0.5) is 22.4 Å². The van der Waals surface area contributed by atoms with Gasteiger partial charge in [-0.2, -0.15) is 5.10 Å². The van der Waals surface area contributed by atoms with Crippen LogP contribution in [0.25, 0.3) is 5.65 Å². The van der Waals surface area contributed by atoms with E-state index < -0.39 is 34.6 Å². The topological polar surface area (TPSA) is 71.8 Å². The highest BCUT2D eigenvalue weighted by molar-refractivity contribution is 6.48. The number of aromatic nitrogens is 3. The Kier molecular flexibility index (Phi) is 6.39. The van der Waals surface area contributed by atoms with E-state index in [-0.39, 0.29) is 31.5 Å². The van der Waals surface area contributed by atoms with E-state index in [2.05, 4.69) is 15.4 Å². The second kappa shape index (κ2) is 8.95. The van der Waals surface area contributed by atoms with Crippen molar-refractivity contribution >= 4 is 43.1 Å². The number of amides is 2. The van der Waals surface area contributed by atoms with Gasteiger partial charge in [-0.1, -0.05) is 0 Å². The molecule has 15 heteroatoms. The van der Waals surface area contributed by atoms with E-state index in [1.807, 2.05) is 0 Å². The molecule has 37 heavy (non-hydrogen) atoms. The van der Waals surface area contributed by atoms with Crippen molar-refractivity contribution in [2.24, 2.45) is 5.92 Å². The van der Waals surface area contributed by atoms with Gasteiger partial charge in [0, 0.05) is 29.1 Å². The Labute approximate surface area is 217 Å². The summed E-state index contributed by atoms with van der Waals surface area (Å²) < 4.78 is 65.8. The van der Waals surface area contributed by atoms with E-state index in [9.17, 15) is 13.6 Å². The minimum Gasteiger partial charge on any atom is -0.376 e. The third-order valence-electron chi connectivity index (χ3n) is 8.23. The largest absolute Gasteiger partial charge is 0.376 e. The zero-order valence-electron chi connectivity index (χ0n) is 21.7. The summed E-state index contributed by atoms with van der Waals surface area (Å²) in [5.74, 6) is -5.70. The van der Waals surface area contributed by atoms with Gasteiger partial charge in [0.05, 0.1) is 36.8 Å². The Morgan fingerprint density at radius 3 is 2.43 bits per heavy atom. The highest BCUT2D eigenvalue weighted by Crippen LogP contribution is 2.44. The van der Waals surface area contributed by atoms with Gasteiger partial charge < -0.3 is 15.0 Å². The minimum atomic E-state index is -3.25. The molecule has 2 amide bonds. The molecule has 1 saturated heterocycles. The van der Waals surface area contributed by atoms with E-state index in [1.165, 1.54) is 36.3 Å². The quantitative estimate of drug-likeness (QED) is 0.409. The SMILES string of the molecule is BC1(B)NC(=O)N([C@H](COC2CC2)c2cnn3cc(CC4CCC(F)(F)CC4)nc3c2)C(B)(B)C1(F)F. The first-order valence-corrected chi connectivity index (χ1v) is 13.0. The summed E-state index contributed by atoms with van der Waals surface area (Å²) in [5, 5.41) is 3.39. The number of fused-ring (bicyclic) bond motifs is 1. The number of nitrogens with zero attached hydrogens (tertiary/aromatic N) is 4. The van der Waals surface area contributed by atoms with E-state index >= 15 is 8.78 Å². The Balaban J connectivity index is 1.44. The molecule has 2 aromatic rings. The van der Waals surface area contributed by atoms with Crippen LogP contribution in [0.5, 0.6) is 0 Å². The Morgan fingerprint density at radius 2 is 1.78 bits per heavy atom. The van der Waals surface area contributed by atoms with Crippen LogP contribution < -0.4 is 5.32 Å². The maximum atomic E-state index is 15.6. The molecule has 0 unspecified atom stereocenters. The predicted molar refractivity (Wildman–Crippen MR) is 140 cm³/mol. The van der Waals surface area contributed by atoms with Gasteiger partial charge >= 0.3 is 6.03 Å². The molecule has 3 aliphatic rings. The molecule has 5 rings (SSSR count). The number of hydrogen-bond donors (Lipinski definition) is 1. The van der Waals surface area contributed by atoms with Crippen LogP contribution in [0.15, 0.2) is 18.5 Å². The Morgan fingerprint density at radius 1 is 1.11 bits per heavy atom. The minimum absolute atomic E-state index is 0.0553. The van der Waals surface area contributed by atoms with Gasteiger partial charge in [0.25, 0.3) is 5.92 Å². The summed E-state index contributed by atoms with van der Waals surface area (Å²) in [7, 11) is 5.41. The van der Waals surface area contributed by atoms with Crippen molar-refractivity contribution in [3.8, 4) is 0 Å². The van der Waals surface area contributed by atoms with E-state index in [0.29, 0.717) is 30.5 Å². The van der Waals surface area contributed by atoms with Crippen molar-refractivity contribution < 1.29 is 27.1 Å². The number of imidazole rings is 1. The van der Waals surface area contributed by atoms with Gasteiger partial charge in [0.15, 0.2) is 5.65 Å². The van der Waals surface area contributed by atoms with E-state index in [1.54, 1.807) is 23.0 Å². The molecule has 1 aliphatic heterocycles. The summed E-state index contributed by atoms with van der Waals surface area (Å²) >= 11 is 0. The van der Waals surface area contributed by atoms with Crippen molar-refractivity contribution in [1.82, 2.24) is 24.8 Å². The smallest absolute Gasteiger partial charge is 0.316 e. The Hall–Kier alpha value is -2.17. The molecule has 2 saturated carbocycles. The summed E-state index contributed by atoms with van der Waals surface area (Å²) in [6.45, 7) is 0.0553. The standard InChI is InChI=1S/C22H31B4F4N5O2/c23-21(24)20(29,30)22(25,26)35(18(36)33-21)16(11-37-15-1-2-15)13-8-17-32-14(10-34(17)31-9-13)7-12-3-5-19(27,28)6-4-12/h8-10,12,15-16H,1-7,11,23-26H2,(H,33,36)/t16-/m1/s1. The summed E-state index contributed by atoms with van der Waals surface area (Å²) in [6, 6.07) is 0.340. The lowest BCUT2D eigenvalue weighted by molar-refractivity contribution is -0.109. The fraction of sp³-hybridized carbons (Fsp3) is 0.682. The molecular formula is C22H31B4F4N5O2. The number of alkyl halides is 4. The van der Waals surface area contributed by atoms with Gasteiger partial charge in [-0.25, -0.2) is 31.9 Å². The molecule has 196 valence electrons. The molecule has 3 heterocycles. The number of ether oxygens (including phenoxy) is 1. The Bertz CT molecular complexity index is 1180. The summed E-state index contributed by atoms with van der Waals surface area (Å²) in [5.41, 5.74) is 1.80. The van der Waals surface area contributed by atoms with Gasteiger partial charge in [-0.15, -0.1) is 0 Å².